The maximum absolute atomic E-state index is 13.4. The molecule has 4 rings (SSSR count). The zero-order chi connectivity index (χ0) is 24.1. The molecule has 34 heavy (non-hydrogen) atoms. The van der Waals surface area contributed by atoms with Gasteiger partial charge in [0.15, 0.2) is 0 Å². The number of carbonyl (C=O) groups is 2. The highest BCUT2D eigenvalue weighted by atomic mass is 16.5. The van der Waals surface area contributed by atoms with Gasteiger partial charge in [-0.1, -0.05) is 54.6 Å². The largest absolute Gasteiger partial charge is 0.508 e. The van der Waals surface area contributed by atoms with E-state index in [1.165, 1.54) is 17.0 Å². The Balaban J connectivity index is 1.48. The van der Waals surface area contributed by atoms with Crippen LogP contribution in [0.3, 0.4) is 0 Å². The molecule has 0 radical (unpaired) electrons. The van der Waals surface area contributed by atoms with Crippen LogP contribution in [0.25, 0.3) is 0 Å². The van der Waals surface area contributed by atoms with E-state index in [0.717, 1.165) is 11.1 Å². The molecule has 0 aromatic heterocycles. The first-order valence-electron chi connectivity index (χ1n) is 11.0. The highest BCUT2D eigenvalue weighted by Crippen LogP contribution is 2.34. The molecule has 3 aromatic rings. The van der Waals surface area contributed by atoms with Crippen LogP contribution < -0.4 is 16.0 Å². The van der Waals surface area contributed by atoms with Gasteiger partial charge in [0.1, 0.15) is 29.7 Å². The molecular weight excluding hydrogens is 434 g/mol. The highest BCUT2D eigenvalue weighted by molar-refractivity contribution is 5.94. The molecular formula is C26H27N3O5. The lowest BCUT2D eigenvalue weighted by atomic mass is 9.89. The van der Waals surface area contributed by atoms with Crippen LogP contribution in [-0.2, 0) is 28.2 Å². The Labute approximate surface area is 197 Å². The van der Waals surface area contributed by atoms with Crippen molar-refractivity contribution in [3.63, 3.8) is 0 Å². The first kappa shape index (κ1) is 23.3. The fourth-order valence-electron chi connectivity index (χ4n) is 4.19. The zero-order valence-electron chi connectivity index (χ0n) is 18.6. The number of rotatable bonds is 8. The summed E-state index contributed by atoms with van der Waals surface area (Å²) in [5.74, 6) is -0.335. The predicted molar refractivity (Wildman–Crippen MR) is 125 cm³/mol. The summed E-state index contributed by atoms with van der Waals surface area (Å²) >= 11 is 0. The number of nitrogens with zero attached hydrogens (tertiary/aromatic N) is 1. The van der Waals surface area contributed by atoms with E-state index in [1.54, 1.807) is 41.9 Å². The molecule has 8 heteroatoms. The quantitative estimate of drug-likeness (QED) is 0.302. The first-order valence-corrected chi connectivity index (χ1v) is 11.0. The van der Waals surface area contributed by atoms with Crippen LogP contribution in [0, 0.1) is 0 Å². The van der Waals surface area contributed by atoms with Crippen molar-refractivity contribution in [2.45, 2.75) is 31.0 Å². The standard InChI is InChI=1S/C26H27N3O5/c27-26(20-8-12-22(13-9-20)34-17-19-4-2-1-3-5-19)14-15-29(25(26)32)23(24(31)28-33)16-18-6-10-21(30)11-7-18/h1-13,23,30,33H,14-17,27H2,(H,28,31). The molecule has 0 saturated carbocycles. The summed E-state index contributed by atoms with van der Waals surface area (Å²) in [5, 5.41) is 18.8. The van der Waals surface area contributed by atoms with E-state index in [1.807, 2.05) is 30.3 Å². The van der Waals surface area contributed by atoms with Gasteiger partial charge in [0.25, 0.3) is 5.91 Å². The minimum absolute atomic E-state index is 0.0985. The SMILES string of the molecule is NC1(c2ccc(OCc3ccccc3)cc2)CCN(C(Cc2ccc(O)cc2)C(=O)NO)C1=O. The van der Waals surface area contributed by atoms with E-state index in [9.17, 15) is 19.9 Å². The summed E-state index contributed by atoms with van der Waals surface area (Å²) in [6.07, 6.45) is 0.488. The summed E-state index contributed by atoms with van der Waals surface area (Å²) < 4.78 is 5.81. The fourth-order valence-corrected chi connectivity index (χ4v) is 4.19. The van der Waals surface area contributed by atoms with Crippen molar-refractivity contribution in [1.82, 2.24) is 10.4 Å². The Kier molecular flexibility index (Phi) is 6.81. The maximum atomic E-state index is 13.4. The van der Waals surface area contributed by atoms with Gasteiger partial charge in [-0.05, 0) is 47.4 Å². The van der Waals surface area contributed by atoms with Crippen molar-refractivity contribution in [1.29, 1.82) is 0 Å². The Morgan fingerprint density at radius 1 is 1.03 bits per heavy atom. The number of benzene rings is 3. The van der Waals surface area contributed by atoms with E-state index in [-0.39, 0.29) is 18.7 Å². The van der Waals surface area contributed by atoms with Crippen LogP contribution in [0.2, 0.25) is 0 Å². The predicted octanol–water partition coefficient (Wildman–Crippen LogP) is 2.47. The number of likely N-dealkylation sites (tertiary alicyclic amines) is 1. The average Bonchev–Trinajstić information content (AvgIpc) is 3.18. The van der Waals surface area contributed by atoms with Gasteiger partial charge in [-0.25, -0.2) is 5.48 Å². The summed E-state index contributed by atoms with van der Waals surface area (Å²) in [6.45, 7) is 0.688. The number of hydrogen-bond acceptors (Lipinski definition) is 6. The minimum atomic E-state index is -1.29. The van der Waals surface area contributed by atoms with Crippen LogP contribution in [0.15, 0.2) is 78.9 Å². The van der Waals surface area contributed by atoms with Gasteiger partial charge < -0.3 is 20.5 Å². The number of nitrogens with two attached hydrogens (primary N) is 1. The lowest BCUT2D eigenvalue weighted by molar-refractivity contribution is -0.144. The Hall–Kier alpha value is -3.88. The van der Waals surface area contributed by atoms with Crippen LogP contribution in [0.1, 0.15) is 23.1 Å². The fraction of sp³-hybridized carbons (Fsp3) is 0.231. The number of hydroxylamine groups is 1. The Morgan fingerprint density at radius 2 is 1.71 bits per heavy atom. The number of hydrogen-bond donors (Lipinski definition) is 4. The van der Waals surface area contributed by atoms with Crippen molar-refractivity contribution in [3.05, 3.63) is 95.6 Å². The lowest BCUT2D eigenvalue weighted by Gasteiger charge is -2.29. The van der Waals surface area contributed by atoms with E-state index in [4.69, 9.17) is 10.5 Å². The molecule has 1 aliphatic heterocycles. The summed E-state index contributed by atoms with van der Waals surface area (Å²) in [6, 6.07) is 22.3. The number of ether oxygens (including phenoxy) is 1. The van der Waals surface area contributed by atoms with Gasteiger partial charge in [0.2, 0.25) is 5.91 Å². The third-order valence-corrected chi connectivity index (χ3v) is 6.16. The number of aromatic hydroxyl groups is 1. The molecule has 0 spiro atoms. The molecule has 0 bridgehead atoms. The van der Waals surface area contributed by atoms with E-state index in [2.05, 4.69) is 0 Å². The number of carbonyl (C=O) groups excluding carboxylic acids is 2. The van der Waals surface area contributed by atoms with E-state index >= 15 is 0 Å². The van der Waals surface area contributed by atoms with E-state index in [0.29, 0.717) is 24.3 Å². The van der Waals surface area contributed by atoms with Crippen LogP contribution in [-0.4, -0.2) is 39.6 Å². The molecule has 2 unspecified atom stereocenters. The molecule has 2 amide bonds. The van der Waals surface area contributed by atoms with Gasteiger partial charge in [-0.15, -0.1) is 0 Å². The molecule has 1 saturated heterocycles. The molecule has 1 fully saturated rings. The van der Waals surface area contributed by atoms with Crippen LogP contribution >= 0.6 is 0 Å². The van der Waals surface area contributed by atoms with Gasteiger partial charge in [-0.2, -0.15) is 0 Å². The molecule has 0 aliphatic carbocycles. The monoisotopic (exact) mass is 461 g/mol. The first-order chi connectivity index (χ1) is 16.4. The second kappa shape index (κ2) is 9.94. The minimum Gasteiger partial charge on any atom is -0.508 e. The van der Waals surface area contributed by atoms with Crippen LogP contribution in [0.5, 0.6) is 11.5 Å². The number of phenols is 1. The van der Waals surface area contributed by atoms with Crippen molar-refractivity contribution < 1.29 is 24.6 Å². The van der Waals surface area contributed by atoms with Crippen LogP contribution in [0.4, 0.5) is 0 Å². The molecule has 1 aliphatic rings. The van der Waals surface area contributed by atoms with Gasteiger partial charge in [0, 0.05) is 13.0 Å². The van der Waals surface area contributed by atoms with Crippen molar-refractivity contribution in [3.8, 4) is 11.5 Å². The third-order valence-electron chi connectivity index (χ3n) is 6.16. The van der Waals surface area contributed by atoms with E-state index < -0.39 is 23.4 Å². The van der Waals surface area contributed by atoms with Gasteiger partial charge >= 0.3 is 0 Å². The van der Waals surface area contributed by atoms with Crippen molar-refractivity contribution in [2.75, 3.05) is 6.54 Å². The Bertz CT molecular complexity index is 1140. The average molecular weight is 462 g/mol. The molecule has 1 heterocycles. The van der Waals surface area contributed by atoms with Gasteiger partial charge in [-0.3, -0.25) is 14.8 Å². The molecule has 3 aromatic carbocycles. The molecule has 5 N–H and O–H groups in total. The normalized spacial score (nSPS) is 18.5. The highest BCUT2D eigenvalue weighted by Gasteiger charge is 2.48. The lowest BCUT2D eigenvalue weighted by Crippen LogP contribution is -2.52. The zero-order valence-corrected chi connectivity index (χ0v) is 18.6. The summed E-state index contributed by atoms with van der Waals surface area (Å²) in [5.41, 5.74) is 9.33. The second-order valence-electron chi connectivity index (χ2n) is 8.38. The van der Waals surface area contributed by atoms with Crippen molar-refractivity contribution in [2.24, 2.45) is 5.73 Å². The van der Waals surface area contributed by atoms with Crippen molar-refractivity contribution >= 4 is 11.8 Å². The topological polar surface area (TPSA) is 125 Å². The summed E-state index contributed by atoms with van der Waals surface area (Å²) in [7, 11) is 0. The molecule has 8 nitrogen and oxygen atoms in total. The maximum Gasteiger partial charge on any atom is 0.266 e. The Morgan fingerprint density at radius 3 is 2.35 bits per heavy atom. The number of phenolic OH excluding ortho intramolecular Hbond substituents is 1. The third kappa shape index (κ3) is 4.88. The number of nitrogens with one attached hydrogen (secondary N) is 1. The summed E-state index contributed by atoms with van der Waals surface area (Å²) in [4.78, 5) is 27.2. The smallest absolute Gasteiger partial charge is 0.266 e. The molecule has 2 atom stereocenters. The number of amides is 2. The second-order valence-corrected chi connectivity index (χ2v) is 8.38. The molecule has 176 valence electrons. The van der Waals surface area contributed by atoms with Gasteiger partial charge in [0.05, 0.1) is 0 Å².